The molecular formula is C19H24N2O. The highest BCUT2D eigenvalue weighted by molar-refractivity contribution is 5.99. The van der Waals surface area contributed by atoms with Crippen LogP contribution in [0, 0.1) is 0 Å². The molecule has 0 bridgehead atoms. The zero-order valence-corrected chi connectivity index (χ0v) is 13.8. The minimum Gasteiger partial charge on any atom is -0.303 e. The number of benzene rings is 1. The van der Waals surface area contributed by atoms with Gasteiger partial charge >= 0.3 is 0 Å². The number of carbonyl (C=O) groups is 1. The molecule has 22 heavy (non-hydrogen) atoms. The quantitative estimate of drug-likeness (QED) is 0.855. The van der Waals surface area contributed by atoms with Crippen LogP contribution in [0.15, 0.2) is 48.8 Å². The van der Waals surface area contributed by atoms with Gasteiger partial charge in [0.1, 0.15) is 0 Å². The predicted octanol–water partition coefficient (Wildman–Crippen LogP) is 3.74. The highest BCUT2D eigenvalue weighted by Crippen LogP contribution is 2.22. The lowest BCUT2D eigenvalue weighted by Crippen LogP contribution is -2.33. The van der Waals surface area contributed by atoms with Crippen LogP contribution in [0.1, 0.15) is 49.2 Å². The molecule has 0 fully saturated rings. The number of aromatic nitrogens is 1. The van der Waals surface area contributed by atoms with Crippen molar-refractivity contribution in [2.24, 2.45) is 0 Å². The molecule has 1 atom stereocenters. The van der Waals surface area contributed by atoms with Crippen LogP contribution in [0.5, 0.6) is 0 Å². The van der Waals surface area contributed by atoms with E-state index in [1.54, 1.807) is 12.4 Å². The summed E-state index contributed by atoms with van der Waals surface area (Å²) in [5, 5.41) is 3.26. The number of nitrogens with one attached hydrogen (secondary N) is 1. The summed E-state index contributed by atoms with van der Waals surface area (Å²) in [6.45, 7) is 9.07. The molecule has 1 heterocycles. The summed E-state index contributed by atoms with van der Waals surface area (Å²) in [5.41, 5.74) is 3.22. The summed E-state index contributed by atoms with van der Waals surface area (Å²) in [5.74, 6) is 0.120. The molecule has 0 aliphatic heterocycles. The second-order valence-electron chi connectivity index (χ2n) is 6.65. The van der Waals surface area contributed by atoms with Gasteiger partial charge in [-0.15, -0.1) is 0 Å². The largest absolute Gasteiger partial charge is 0.303 e. The molecule has 1 unspecified atom stereocenters. The maximum atomic E-state index is 12.5. The fourth-order valence-corrected chi connectivity index (χ4v) is 2.25. The first-order valence-corrected chi connectivity index (χ1v) is 7.65. The van der Waals surface area contributed by atoms with Gasteiger partial charge in [-0.3, -0.25) is 9.78 Å². The first-order chi connectivity index (χ1) is 10.4. The summed E-state index contributed by atoms with van der Waals surface area (Å²) in [4.78, 5) is 16.4. The molecule has 0 saturated heterocycles. The topological polar surface area (TPSA) is 42.0 Å². The fourth-order valence-electron chi connectivity index (χ4n) is 2.25. The van der Waals surface area contributed by atoms with Crippen molar-refractivity contribution in [3.8, 4) is 0 Å². The van der Waals surface area contributed by atoms with Gasteiger partial charge in [0.05, 0.1) is 6.04 Å². The first kappa shape index (κ1) is 16.4. The van der Waals surface area contributed by atoms with Crippen LogP contribution < -0.4 is 5.32 Å². The van der Waals surface area contributed by atoms with E-state index in [9.17, 15) is 4.79 Å². The van der Waals surface area contributed by atoms with Crippen molar-refractivity contribution in [3.63, 3.8) is 0 Å². The molecule has 3 nitrogen and oxygen atoms in total. The third kappa shape index (κ3) is 4.25. The number of pyridine rings is 1. The van der Waals surface area contributed by atoms with Gasteiger partial charge in [0.15, 0.2) is 5.78 Å². The third-order valence-electron chi connectivity index (χ3n) is 3.79. The Morgan fingerprint density at radius 3 is 2.23 bits per heavy atom. The van der Waals surface area contributed by atoms with E-state index in [-0.39, 0.29) is 17.2 Å². The SMILES string of the molecule is CC(NCc1ccncc1)C(=O)c1ccc(C(C)(C)C)cc1. The molecule has 2 aromatic rings. The summed E-state index contributed by atoms with van der Waals surface area (Å²) in [6, 6.07) is 11.6. The van der Waals surface area contributed by atoms with Gasteiger partial charge in [0, 0.05) is 24.5 Å². The highest BCUT2D eigenvalue weighted by atomic mass is 16.1. The molecule has 0 aliphatic carbocycles. The van der Waals surface area contributed by atoms with Gasteiger partial charge in [0.25, 0.3) is 0 Å². The van der Waals surface area contributed by atoms with E-state index in [0.717, 1.165) is 11.1 Å². The predicted molar refractivity (Wildman–Crippen MR) is 90.0 cm³/mol. The molecule has 0 saturated carbocycles. The summed E-state index contributed by atoms with van der Waals surface area (Å²) >= 11 is 0. The first-order valence-electron chi connectivity index (χ1n) is 7.65. The summed E-state index contributed by atoms with van der Waals surface area (Å²) in [7, 11) is 0. The Morgan fingerprint density at radius 2 is 1.68 bits per heavy atom. The van der Waals surface area contributed by atoms with Crippen molar-refractivity contribution < 1.29 is 4.79 Å². The number of hydrogen-bond donors (Lipinski definition) is 1. The third-order valence-corrected chi connectivity index (χ3v) is 3.79. The smallest absolute Gasteiger partial charge is 0.179 e. The van der Waals surface area contributed by atoms with E-state index < -0.39 is 0 Å². The molecule has 2 rings (SSSR count). The maximum Gasteiger partial charge on any atom is 0.179 e. The van der Waals surface area contributed by atoms with Crippen LogP contribution >= 0.6 is 0 Å². The van der Waals surface area contributed by atoms with E-state index in [1.807, 2.05) is 43.3 Å². The van der Waals surface area contributed by atoms with Gasteiger partial charge < -0.3 is 5.32 Å². The molecule has 1 N–H and O–H groups in total. The molecule has 3 heteroatoms. The minimum absolute atomic E-state index is 0.104. The molecule has 0 spiro atoms. The van der Waals surface area contributed by atoms with Crippen LogP contribution in [0.25, 0.3) is 0 Å². The second-order valence-corrected chi connectivity index (χ2v) is 6.65. The Labute approximate surface area is 132 Å². The summed E-state index contributed by atoms with van der Waals surface area (Å²) in [6.07, 6.45) is 3.52. The summed E-state index contributed by atoms with van der Waals surface area (Å²) < 4.78 is 0. The van der Waals surface area contributed by atoms with Crippen molar-refractivity contribution in [1.82, 2.24) is 10.3 Å². The number of ketones is 1. The monoisotopic (exact) mass is 296 g/mol. The normalized spacial score (nSPS) is 12.9. The van der Waals surface area contributed by atoms with Gasteiger partial charge in [-0.1, -0.05) is 45.0 Å². The number of nitrogens with zero attached hydrogens (tertiary/aromatic N) is 1. The van der Waals surface area contributed by atoms with E-state index >= 15 is 0 Å². The zero-order valence-electron chi connectivity index (χ0n) is 13.8. The number of Topliss-reactive ketones (excluding diaryl/α,β-unsaturated/α-hetero) is 1. The lowest BCUT2D eigenvalue weighted by Gasteiger charge is -2.19. The highest BCUT2D eigenvalue weighted by Gasteiger charge is 2.17. The lowest BCUT2D eigenvalue weighted by atomic mass is 9.86. The van der Waals surface area contributed by atoms with Crippen LogP contribution in [0.3, 0.4) is 0 Å². The Bertz CT molecular complexity index is 612. The average molecular weight is 296 g/mol. The van der Waals surface area contributed by atoms with Crippen LogP contribution in [0.4, 0.5) is 0 Å². The van der Waals surface area contributed by atoms with Gasteiger partial charge in [0.2, 0.25) is 0 Å². The van der Waals surface area contributed by atoms with E-state index in [4.69, 9.17) is 0 Å². The van der Waals surface area contributed by atoms with Crippen molar-refractivity contribution in [2.75, 3.05) is 0 Å². The average Bonchev–Trinajstić information content (AvgIpc) is 2.52. The molecule has 1 aromatic heterocycles. The van der Waals surface area contributed by atoms with Crippen molar-refractivity contribution in [1.29, 1.82) is 0 Å². The lowest BCUT2D eigenvalue weighted by molar-refractivity contribution is 0.0950. The Hall–Kier alpha value is -2.00. The minimum atomic E-state index is -0.214. The number of rotatable bonds is 5. The maximum absolute atomic E-state index is 12.5. The van der Waals surface area contributed by atoms with E-state index in [0.29, 0.717) is 6.54 Å². The Morgan fingerprint density at radius 1 is 1.09 bits per heavy atom. The number of hydrogen-bond acceptors (Lipinski definition) is 3. The van der Waals surface area contributed by atoms with Crippen LogP contribution in [-0.4, -0.2) is 16.8 Å². The fraction of sp³-hybridized carbons (Fsp3) is 0.368. The van der Waals surface area contributed by atoms with Crippen molar-refractivity contribution in [3.05, 3.63) is 65.5 Å². The molecule has 0 radical (unpaired) electrons. The van der Waals surface area contributed by atoms with E-state index in [1.165, 1.54) is 5.56 Å². The Balaban J connectivity index is 1.98. The van der Waals surface area contributed by atoms with E-state index in [2.05, 4.69) is 31.1 Å². The van der Waals surface area contributed by atoms with Gasteiger partial charge in [-0.05, 0) is 35.6 Å². The van der Waals surface area contributed by atoms with Crippen LogP contribution in [-0.2, 0) is 12.0 Å². The molecule has 0 aliphatic rings. The number of carbonyl (C=O) groups excluding carboxylic acids is 1. The van der Waals surface area contributed by atoms with Gasteiger partial charge in [-0.25, -0.2) is 0 Å². The standard InChI is InChI=1S/C19H24N2O/c1-14(21-13-15-9-11-20-12-10-15)18(22)16-5-7-17(8-6-16)19(2,3)4/h5-12,14,21H,13H2,1-4H3. The van der Waals surface area contributed by atoms with Gasteiger partial charge in [-0.2, -0.15) is 0 Å². The zero-order chi connectivity index (χ0) is 16.2. The molecule has 116 valence electrons. The van der Waals surface area contributed by atoms with Crippen molar-refractivity contribution in [2.45, 2.75) is 45.7 Å². The molecular weight excluding hydrogens is 272 g/mol. The molecule has 1 aromatic carbocycles. The second kappa shape index (κ2) is 6.84. The molecule has 0 amide bonds. The Kier molecular flexibility index (Phi) is 5.09. The van der Waals surface area contributed by atoms with Crippen molar-refractivity contribution >= 4 is 5.78 Å². The van der Waals surface area contributed by atoms with Crippen LogP contribution in [0.2, 0.25) is 0 Å².